The summed E-state index contributed by atoms with van der Waals surface area (Å²) in [6.45, 7) is 0.988. The summed E-state index contributed by atoms with van der Waals surface area (Å²) in [6.07, 6.45) is 2.37. The van der Waals surface area contributed by atoms with Gasteiger partial charge in [0, 0.05) is 19.3 Å². The van der Waals surface area contributed by atoms with Gasteiger partial charge in [-0.1, -0.05) is 0 Å². The van der Waals surface area contributed by atoms with Crippen LogP contribution in [0.5, 0.6) is 11.5 Å². The standard InChI is InChI=1S/C17H25N5O3S.ClH/c1-23-13-3-5-14(6-4-13)24-9-2-10-25-22-16(19)20-15(18)21-17(22)7-11-26-12-8-17;/h3-6H,2,7-12H2,1H3,(H4,18,19,20,21);1H. The largest absolute Gasteiger partial charge is 0.497 e. The molecule has 1 fully saturated rings. The summed E-state index contributed by atoms with van der Waals surface area (Å²) in [4.78, 5) is 14.5. The van der Waals surface area contributed by atoms with Crippen LogP contribution in [0.4, 0.5) is 0 Å². The van der Waals surface area contributed by atoms with Crippen LogP contribution in [0, 0.1) is 0 Å². The van der Waals surface area contributed by atoms with Gasteiger partial charge in [0.15, 0.2) is 5.66 Å². The third-order valence-electron chi connectivity index (χ3n) is 4.27. The molecule has 150 valence electrons. The second-order valence-corrected chi connectivity index (χ2v) is 7.26. The molecule has 0 aromatic heterocycles. The molecule has 3 rings (SSSR count). The molecule has 2 aliphatic rings. The Labute approximate surface area is 169 Å². The molecule has 10 heteroatoms. The molecule has 1 saturated heterocycles. The maximum absolute atomic E-state index is 6.05. The summed E-state index contributed by atoms with van der Waals surface area (Å²) in [7, 11) is 1.64. The first-order valence-corrected chi connectivity index (χ1v) is 9.76. The van der Waals surface area contributed by atoms with Gasteiger partial charge in [-0.2, -0.15) is 21.8 Å². The number of ether oxygens (including phenoxy) is 2. The first kappa shape index (κ1) is 21.5. The van der Waals surface area contributed by atoms with E-state index < -0.39 is 5.66 Å². The predicted molar refractivity (Wildman–Crippen MR) is 111 cm³/mol. The minimum Gasteiger partial charge on any atom is -0.497 e. The molecule has 2 heterocycles. The smallest absolute Gasteiger partial charge is 0.226 e. The fourth-order valence-corrected chi connectivity index (χ4v) is 4.08. The lowest BCUT2D eigenvalue weighted by Crippen LogP contribution is -2.58. The maximum Gasteiger partial charge on any atom is 0.226 e. The van der Waals surface area contributed by atoms with Gasteiger partial charge in [-0.3, -0.25) is 4.84 Å². The number of hydrogen-bond donors (Lipinski definition) is 2. The van der Waals surface area contributed by atoms with Gasteiger partial charge in [0.25, 0.3) is 0 Å². The summed E-state index contributed by atoms with van der Waals surface area (Å²) in [5, 5.41) is 1.64. The Bertz CT molecular complexity index is 665. The Kier molecular flexibility index (Phi) is 7.88. The van der Waals surface area contributed by atoms with Gasteiger partial charge >= 0.3 is 0 Å². The zero-order valence-electron chi connectivity index (χ0n) is 15.3. The monoisotopic (exact) mass is 415 g/mol. The number of guanidine groups is 2. The summed E-state index contributed by atoms with van der Waals surface area (Å²) >= 11 is 1.90. The number of halogens is 1. The lowest BCUT2D eigenvalue weighted by atomic mass is 10.0. The van der Waals surface area contributed by atoms with E-state index >= 15 is 0 Å². The van der Waals surface area contributed by atoms with Crippen LogP contribution >= 0.6 is 24.2 Å². The van der Waals surface area contributed by atoms with Crippen molar-refractivity contribution in [3.05, 3.63) is 24.3 Å². The molecule has 0 atom stereocenters. The van der Waals surface area contributed by atoms with Crippen LogP contribution < -0.4 is 20.9 Å². The number of thioether (sulfide) groups is 1. The molecule has 1 aromatic carbocycles. The highest BCUT2D eigenvalue weighted by Gasteiger charge is 2.43. The molecular formula is C17H26ClN5O3S. The lowest BCUT2D eigenvalue weighted by molar-refractivity contribution is -0.171. The van der Waals surface area contributed by atoms with Crippen molar-refractivity contribution < 1.29 is 14.3 Å². The average Bonchev–Trinajstić information content (AvgIpc) is 2.64. The molecule has 0 unspecified atom stereocenters. The van der Waals surface area contributed by atoms with Gasteiger partial charge in [-0.05, 0) is 35.8 Å². The van der Waals surface area contributed by atoms with E-state index in [4.69, 9.17) is 25.8 Å². The van der Waals surface area contributed by atoms with Crippen LogP contribution in [-0.4, -0.2) is 54.5 Å². The summed E-state index contributed by atoms with van der Waals surface area (Å²) < 4.78 is 10.8. The van der Waals surface area contributed by atoms with Crippen molar-refractivity contribution >= 4 is 36.1 Å². The van der Waals surface area contributed by atoms with Crippen molar-refractivity contribution in [2.75, 3.05) is 31.8 Å². The number of aliphatic imine (C=N–C) groups is 2. The number of nitrogens with two attached hydrogens (primary N) is 2. The Morgan fingerprint density at radius 3 is 2.44 bits per heavy atom. The number of benzene rings is 1. The normalized spacial score (nSPS) is 18.3. The van der Waals surface area contributed by atoms with Crippen molar-refractivity contribution in [3.8, 4) is 11.5 Å². The van der Waals surface area contributed by atoms with Gasteiger partial charge in [0.05, 0.1) is 20.3 Å². The first-order chi connectivity index (χ1) is 12.6. The Balaban J connectivity index is 0.00000261. The average molecular weight is 416 g/mol. The van der Waals surface area contributed by atoms with Crippen molar-refractivity contribution in [2.24, 2.45) is 21.5 Å². The molecule has 0 bridgehead atoms. The van der Waals surface area contributed by atoms with Crippen LogP contribution in [0.1, 0.15) is 19.3 Å². The molecule has 1 aromatic rings. The van der Waals surface area contributed by atoms with Crippen LogP contribution in [0.2, 0.25) is 0 Å². The number of hydroxylamine groups is 2. The van der Waals surface area contributed by atoms with E-state index in [9.17, 15) is 0 Å². The quantitative estimate of drug-likeness (QED) is 0.655. The van der Waals surface area contributed by atoms with E-state index in [0.29, 0.717) is 19.6 Å². The third-order valence-corrected chi connectivity index (χ3v) is 5.25. The minimum atomic E-state index is -0.530. The SMILES string of the molecule is COc1ccc(OCCCON2C(N)=NC(N)=NC23CCSCC3)cc1.Cl. The molecule has 4 N–H and O–H groups in total. The molecule has 27 heavy (non-hydrogen) atoms. The second-order valence-electron chi connectivity index (χ2n) is 6.04. The second kappa shape index (κ2) is 9.91. The van der Waals surface area contributed by atoms with Crippen LogP contribution in [0.25, 0.3) is 0 Å². The molecule has 0 amide bonds. The zero-order chi connectivity index (χ0) is 18.4. The molecule has 0 aliphatic carbocycles. The lowest BCUT2D eigenvalue weighted by Gasteiger charge is -2.43. The number of nitrogens with zero attached hydrogens (tertiary/aromatic N) is 3. The Morgan fingerprint density at radius 1 is 1.11 bits per heavy atom. The summed E-state index contributed by atoms with van der Waals surface area (Å²) in [5.41, 5.74) is 11.3. The molecule has 0 saturated carbocycles. The van der Waals surface area contributed by atoms with E-state index in [-0.39, 0.29) is 24.3 Å². The van der Waals surface area contributed by atoms with E-state index in [1.165, 1.54) is 0 Å². The number of hydrogen-bond acceptors (Lipinski definition) is 9. The first-order valence-electron chi connectivity index (χ1n) is 8.60. The summed E-state index contributed by atoms with van der Waals surface area (Å²) in [5.74, 6) is 4.06. The van der Waals surface area contributed by atoms with Crippen LogP contribution in [-0.2, 0) is 4.84 Å². The van der Waals surface area contributed by atoms with E-state index in [1.807, 2.05) is 36.0 Å². The zero-order valence-corrected chi connectivity index (χ0v) is 16.9. The van der Waals surface area contributed by atoms with Gasteiger partial charge in [0.1, 0.15) is 11.5 Å². The fourth-order valence-electron chi connectivity index (χ4n) is 2.94. The topological polar surface area (TPSA) is 108 Å². The third kappa shape index (κ3) is 5.33. The van der Waals surface area contributed by atoms with Gasteiger partial charge in [0.2, 0.25) is 11.9 Å². The molecule has 2 aliphatic heterocycles. The van der Waals surface area contributed by atoms with E-state index in [2.05, 4.69) is 9.98 Å². The minimum absolute atomic E-state index is 0. The molecule has 1 spiro atoms. The highest BCUT2D eigenvalue weighted by molar-refractivity contribution is 7.99. The number of methoxy groups -OCH3 is 1. The predicted octanol–water partition coefficient (Wildman–Crippen LogP) is 1.99. The molecular weight excluding hydrogens is 390 g/mol. The Morgan fingerprint density at radius 2 is 1.78 bits per heavy atom. The van der Waals surface area contributed by atoms with Gasteiger partial charge in [-0.25, -0.2) is 4.99 Å². The highest BCUT2D eigenvalue weighted by Crippen LogP contribution is 2.35. The highest BCUT2D eigenvalue weighted by atomic mass is 35.5. The van der Waals surface area contributed by atoms with Crippen molar-refractivity contribution in [1.29, 1.82) is 0 Å². The Hall–Kier alpha value is -1.84. The number of rotatable bonds is 7. The van der Waals surface area contributed by atoms with Gasteiger partial charge in [-0.15, -0.1) is 12.4 Å². The van der Waals surface area contributed by atoms with Crippen molar-refractivity contribution in [3.63, 3.8) is 0 Å². The maximum atomic E-state index is 6.05. The van der Waals surface area contributed by atoms with Gasteiger partial charge < -0.3 is 20.9 Å². The van der Waals surface area contributed by atoms with Crippen molar-refractivity contribution in [2.45, 2.75) is 24.9 Å². The van der Waals surface area contributed by atoms with E-state index in [0.717, 1.165) is 35.8 Å². The van der Waals surface area contributed by atoms with Crippen LogP contribution in [0.3, 0.4) is 0 Å². The molecule has 8 nitrogen and oxygen atoms in total. The van der Waals surface area contributed by atoms with Crippen molar-refractivity contribution in [1.82, 2.24) is 5.06 Å². The molecule has 0 radical (unpaired) electrons. The van der Waals surface area contributed by atoms with Crippen LogP contribution in [0.15, 0.2) is 34.3 Å². The summed E-state index contributed by atoms with van der Waals surface area (Å²) in [6, 6.07) is 7.48. The fraction of sp³-hybridized carbons (Fsp3) is 0.529. The van der Waals surface area contributed by atoms with E-state index in [1.54, 1.807) is 12.2 Å².